The lowest BCUT2D eigenvalue weighted by atomic mass is 9.71. The number of halogens is 2. The second-order valence-electron chi connectivity index (χ2n) is 5.04. The fourth-order valence-corrected chi connectivity index (χ4v) is 1.89. The zero-order chi connectivity index (χ0) is 11.4. The van der Waals surface area contributed by atoms with Crippen molar-refractivity contribution in [3.05, 3.63) is 0 Å². The smallest absolute Gasteiger partial charge is 0.110 e. The SMILES string of the molecule is CCCC(C)C(C)(C)C(F)C(C)CF. The average Bonchev–Trinajstić information content (AvgIpc) is 2.15. The van der Waals surface area contributed by atoms with Crippen LogP contribution in [0.3, 0.4) is 0 Å². The molecule has 0 aliphatic carbocycles. The molecular formula is C12H24F2. The Morgan fingerprint density at radius 2 is 1.71 bits per heavy atom. The second kappa shape index (κ2) is 5.67. The van der Waals surface area contributed by atoms with Crippen LogP contribution in [-0.4, -0.2) is 12.8 Å². The molecule has 3 unspecified atom stereocenters. The highest BCUT2D eigenvalue weighted by molar-refractivity contribution is 4.85. The summed E-state index contributed by atoms with van der Waals surface area (Å²) in [5.74, 6) is -0.180. The van der Waals surface area contributed by atoms with Crippen molar-refractivity contribution in [3.63, 3.8) is 0 Å². The predicted octanol–water partition coefficient (Wildman–Crippen LogP) is 4.39. The molecule has 0 rings (SSSR count). The highest BCUT2D eigenvalue weighted by atomic mass is 19.1. The molecule has 0 heterocycles. The van der Waals surface area contributed by atoms with Gasteiger partial charge < -0.3 is 0 Å². The van der Waals surface area contributed by atoms with Gasteiger partial charge >= 0.3 is 0 Å². The van der Waals surface area contributed by atoms with Gasteiger partial charge in [0.05, 0.1) is 6.67 Å². The van der Waals surface area contributed by atoms with Crippen molar-refractivity contribution >= 4 is 0 Å². The fourth-order valence-electron chi connectivity index (χ4n) is 1.89. The van der Waals surface area contributed by atoms with Crippen molar-refractivity contribution in [1.82, 2.24) is 0 Å². The lowest BCUT2D eigenvalue weighted by Gasteiger charge is -2.37. The number of rotatable bonds is 6. The summed E-state index contributed by atoms with van der Waals surface area (Å²) in [4.78, 5) is 0. The van der Waals surface area contributed by atoms with Crippen molar-refractivity contribution in [2.24, 2.45) is 17.3 Å². The van der Waals surface area contributed by atoms with Gasteiger partial charge in [-0.2, -0.15) is 0 Å². The van der Waals surface area contributed by atoms with Crippen molar-refractivity contribution in [3.8, 4) is 0 Å². The van der Waals surface area contributed by atoms with E-state index in [-0.39, 0.29) is 0 Å². The summed E-state index contributed by atoms with van der Waals surface area (Å²) in [7, 11) is 0. The molecule has 0 aromatic rings. The van der Waals surface area contributed by atoms with Gasteiger partial charge in [0.25, 0.3) is 0 Å². The molecule has 0 aromatic heterocycles. The molecule has 0 nitrogen and oxygen atoms in total. The Kier molecular flexibility index (Phi) is 5.61. The van der Waals surface area contributed by atoms with Crippen molar-refractivity contribution in [2.45, 2.75) is 53.6 Å². The summed E-state index contributed by atoms with van der Waals surface area (Å²) in [5.41, 5.74) is -0.415. The highest BCUT2D eigenvalue weighted by Gasteiger charge is 2.37. The van der Waals surface area contributed by atoms with E-state index in [1.54, 1.807) is 6.92 Å². The summed E-state index contributed by atoms with van der Waals surface area (Å²) in [6.07, 6.45) is 1.02. The molecule has 0 aliphatic heterocycles. The third-order valence-electron chi connectivity index (χ3n) is 3.45. The molecule has 0 spiro atoms. The Morgan fingerprint density at radius 3 is 2.07 bits per heavy atom. The van der Waals surface area contributed by atoms with Crippen LogP contribution in [0.25, 0.3) is 0 Å². The first-order valence-corrected chi connectivity index (χ1v) is 5.57. The van der Waals surface area contributed by atoms with Crippen LogP contribution in [0, 0.1) is 17.3 Å². The average molecular weight is 206 g/mol. The predicted molar refractivity (Wildman–Crippen MR) is 57.9 cm³/mol. The molecule has 0 amide bonds. The third kappa shape index (κ3) is 3.21. The van der Waals surface area contributed by atoms with Gasteiger partial charge in [0.1, 0.15) is 6.17 Å². The molecule has 0 fully saturated rings. The molecule has 14 heavy (non-hydrogen) atoms. The lowest BCUT2D eigenvalue weighted by molar-refractivity contribution is 0.0312. The minimum atomic E-state index is -1.05. The Hall–Kier alpha value is -0.140. The standard InChI is InChI=1S/C12H24F2/c1-6-7-10(3)12(4,5)11(14)9(2)8-13/h9-11H,6-8H2,1-5H3. The maximum Gasteiger partial charge on any atom is 0.110 e. The highest BCUT2D eigenvalue weighted by Crippen LogP contribution is 2.38. The van der Waals surface area contributed by atoms with Gasteiger partial charge in [-0.25, -0.2) is 4.39 Å². The lowest BCUT2D eigenvalue weighted by Crippen LogP contribution is -2.37. The normalized spacial score (nSPS) is 19.1. The summed E-state index contributed by atoms with van der Waals surface area (Å²) in [6.45, 7) is 9.04. The van der Waals surface area contributed by atoms with Crippen LogP contribution >= 0.6 is 0 Å². The Labute approximate surface area is 87.1 Å². The minimum Gasteiger partial charge on any atom is -0.251 e. The Bertz CT molecular complexity index is 154. The number of hydrogen-bond acceptors (Lipinski definition) is 0. The summed E-state index contributed by atoms with van der Waals surface area (Å²) >= 11 is 0. The number of hydrogen-bond donors (Lipinski definition) is 0. The molecule has 3 atom stereocenters. The van der Waals surface area contributed by atoms with E-state index < -0.39 is 24.2 Å². The summed E-state index contributed by atoms with van der Waals surface area (Å²) < 4.78 is 26.3. The molecule has 0 aromatic carbocycles. The summed E-state index contributed by atoms with van der Waals surface area (Å²) in [5, 5.41) is 0. The van der Waals surface area contributed by atoms with E-state index >= 15 is 0 Å². The van der Waals surface area contributed by atoms with E-state index in [1.165, 1.54) is 0 Å². The van der Waals surface area contributed by atoms with Crippen molar-refractivity contribution in [2.75, 3.05) is 6.67 Å². The van der Waals surface area contributed by atoms with Crippen molar-refractivity contribution < 1.29 is 8.78 Å². The van der Waals surface area contributed by atoms with Gasteiger partial charge in [-0.1, -0.05) is 47.5 Å². The fraction of sp³-hybridized carbons (Fsp3) is 1.00. The molecular weight excluding hydrogens is 182 g/mol. The van der Waals surface area contributed by atoms with Gasteiger partial charge in [-0.3, -0.25) is 4.39 Å². The Balaban J connectivity index is 4.42. The van der Waals surface area contributed by atoms with Crippen LogP contribution in [0.2, 0.25) is 0 Å². The molecule has 2 heteroatoms. The van der Waals surface area contributed by atoms with Crippen LogP contribution in [0.5, 0.6) is 0 Å². The van der Waals surface area contributed by atoms with Gasteiger partial charge in [0.2, 0.25) is 0 Å². The van der Waals surface area contributed by atoms with Crippen LogP contribution in [-0.2, 0) is 0 Å². The van der Waals surface area contributed by atoms with Crippen LogP contribution in [0.15, 0.2) is 0 Å². The molecule has 0 N–H and O–H groups in total. The first-order valence-electron chi connectivity index (χ1n) is 5.57. The second-order valence-corrected chi connectivity index (χ2v) is 5.04. The van der Waals surface area contributed by atoms with Crippen molar-refractivity contribution in [1.29, 1.82) is 0 Å². The van der Waals surface area contributed by atoms with Gasteiger partial charge in [0, 0.05) is 5.92 Å². The third-order valence-corrected chi connectivity index (χ3v) is 3.45. The van der Waals surface area contributed by atoms with Gasteiger partial charge in [0.15, 0.2) is 0 Å². The molecule has 0 saturated carbocycles. The van der Waals surface area contributed by atoms with Crippen LogP contribution < -0.4 is 0 Å². The minimum absolute atomic E-state index is 0.302. The van der Waals surface area contributed by atoms with E-state index in [0.29, 0.717) is 5.92 Å². The van der Waals surface area contributed by atoms with Gasteiger partial charge in [-0.15, -0.1) is 0 Å². The molecule has 0 aliphatic rings. The first-order chi connectivity index (χ1) is 6.37. The van der Waals surface area contributed by atoms with Crippen LogP contribution in [0.4, 0.5) is 8.78 Å². The van der Waals surface area contributed by atoms with E-state index in [9.17, 15) is 8.78 Å². The summed E-state index contributed by atoms with van der Waals surface area (Å²) in [6, 6.07) is 0. The molecule has 0 saturated heterocycles. The Morgan fingerprint density at radius 1 is 1.21 bits per heavy atom. The van der Waals surface area contributed by atoms with E-state index in [0.717, 1.165) is 12.8 Å². The van der Waals surface area contributed by atoms with Crippen LogP contribution in [0.1, 0.15) is 47.5 Å². The topological polar surface area (TPSA) is 0 Å². The number of alkyl halides is 2. The zero-order valence-corrected chi connectivity index (χ0v) is 10.1. The van der Waals surface area contributed by atoms with E-state index in [2.05, 4.69) is 13.8 Å². The first kappa shape index (κ1) is 13.9. The molecule has 0 bridgehead atoms. The van der Waals surface area contributed by atoms with E-state index in [4.69, 9.17) is 0 Å². The quantitative estimate of drug-likeness (QED) is 0.604. The van der Waals surface area contributed by atoms with Gasteiger partial charge in [-0.05, 0) is 11.3 Å². The largest absolute Gasteiger partial charge is 0.251 e. The molecule has 86 valence electrons. The zero-order valence-electron chi connectivity index (χ0n) is 10.1. The molecule has 0 radical (unpaired) electrons. The monoisotopic (exact) mass is 206 g/mol. The maximum absolute atomic E-state index is 13.9. The van der Waals surface area contributed by atoms with E-state index in [1.807, 2.05) is 13.8 Å². The maximum atomic E-state index is 13.9.